The summed E-state index contributed by atoms with van der Waals surface area (Å²) in [5.74, 6) is -0.444. The summed E-state index contributed by atoms with van der Waals surface area (Å²) in [5.41, 5.74) is 0.986. The summed E-state index contributed by atoms with van der Waals surface area (Å²) in [5, 5.41) is 3.09. The first-order valence-corrected chi connectivity index (χ1v) is 12.2. The normalized spacial score (nSPS) is 26.6. The van der Waals surface area contributed by atoms with Gasteiger partial charge >= 0.3 is 5.97 Å². The van der Waals surface area contributed by atoms with E-state index in [0.29, 0.717) is 51.9 Å². The average molecular weight is 475 g/mol. The summed E-state index contributed by atoms with van der Waals surface area (Å²) in [4.78, 5) is 43.8. The highest BCUT2D eigenvalue weighted by Gasteiger charge is 2.45. The predicted molar refractivity (Wildman–Crippen MR) is 124 cm³/mol. The first-order valence-electron chi connectivity index (χ1n) is 12.2. The molecule has 34 heavy (non-hydrogen) atoms. The lowest BCUT2D eigenvalue weighted by Crippen LogP contribution is -2.49. The number of benzene rings is 1. The van der Waals surface area contributed by atoms with Crippen LogP contribution in [0.5, 0.6) is 0 Å². The predicted octanol–water partition coefficient (Wildman–Crippen LogP) is 1.39. The summed E-state index contributed by atoms with van der Waals surface area (Å²) in [6.45, 7) is 3.08. The zero-order chi connectivity index (χ0) is 24.2. The van der Waals surface area contributed by atoms with E-state index in [9.17, 15) is 18.8 Å². The van der Waals surface area contributed by atoms with Crippen LogP contribution in [0, 0.1) is 11.7 Å². The van der Waals surface area contributed by atoms with E-state index < -0.39 is 0 Å². The fraction of sp³-hybridized carbons (Fsp3) is 0.640. The number of rotatable bonds is 6. The van der Waals surface area contributed by atoms with E-state index in [0.717, 1.165) is 18.5 Å². The molecule has 0 aliphatic carbocycles. The number of amides is 2. The molecule has 1 N–H and O–H groups in total. The molecule has 0 spiro atoms. The van der Waals surface area contributed by atoms with Crippen molar-refractivity contribution in [1.29, 1.82) is 0 Å². The van der Waals surface area contributed by atoms with Crippen LogP contribution in [0.4, 0.5) is 4.39 Å². The fourth-order valence-corrected chi connectivity index (χ4v) is 5.63. The zero-order valence-electron chi connectivity index (χ0n) is 20.0. The van der Waals surface area contributed by atoms with Gasteiger partial charge in [0.2, 0.25) is 11.8 Å². The summed E-state index contributed by atoms with van der Waals surface area (Å²) in [7, 11) is 3.45. The van der Waals surface area contributed by atoms with Gasteiger partial charge < -0.3 is 15.0 Å². The smallest absolute Gasteiger partial charge is 0.308 e. The van der Waals surface area contributed by atoms with E-state index in [1.807, 2.05) is 4.90 Å². The Bertz CT molecular complexity index is 887. The number of carbonyl (C=O) groups excluding carboxylic acids is 3. The van der Waals surface area contributed by atoms with Crippen molar-refractivity contribution in [3.8, 4) is 0 Å². The second-order valence-corrected chi connectivity index (χ2v) is 9.68. The molecular weight excluding hydrogens is 439 g/mol. The SMILES string of the molecule is COC(=O)C1CCN(C(=O)CC[C@H]2CNC(=O)[C@@H]3[C@@H](CCN3Cc3ccc(F)cc3)N2C)CC1. The van der Waals surface area contributed by atoms with Crippen molar-refractivity contribution in [2.75, 3.05) is 40.3 Å². The number of ether oxygens (including phenoxy) is 1. The third kappa shape index (κ3) is 5.41. The van der Waals surface area contributed by atoms with Gasteiger partial charge in [-0.2, -0.15) is 0 Å². The van der Waals surface area contributed by atoms with Gasteiger partial charge in [-0.15, -0.1) is 0 Å². The second kappa shape index (κ2) is 10.8. The van der Waals surface area contributed by atoms with Crippen molar-refractivity contribution in [1.82, 2.24) is 20.0 Å². The first kappa shape index (κ1) is 24.6. The molecule has 3 aliphatic heterocycles. The highest BCUT2D eigenvalue weighted by molar-refractivity contribution is 5.83. The Morgan fingerprint density at radius 1 is 1.12 bits per heavy atom. The van der Waals surface area contributed by atoms with Crippen LogP contribution in [0.3, 0.4) is 0 Å². The molecule has 3 heterocycles. The van der Waals surface area contributed by atoms with E-state index in [-0.39, 0.29) is 47.6 Å². The number of halogens is 1. The summed E-state index contributed by atoms with van der Waals surface area (Å²) in [6, 6.07) is 6.35. The number of piperidine rings is 1. The van der Waals surface area contributed by atoms with Gasteiger partial charge in [0.15, 0.2) is 0 Å². The molecule has 2 amide bonds. The number of nitrogens with one attached hydrogen (secondary N) is 1. The summed E-state index contributed by atoms with van der Waals surface area (Å²) >= 11 is 0. The molecule has 0 radical (unpaired) electrons. The molecule has 8 nitrogen and oxygen atoms in total. The minimum absolute atomic E-state index is 0.0233. The molecule has 186 valence electrons. The molecule has 4 rings (SSSR count). The Hall–Kier alpha value is -2.52. The molecule has 3 atom stereocenters. The fourth-order valence-electron chi connectivity index (χ4n) is 5.63. The van der Waals surface area contributed by atoms with Crippen LogP contribution in [0.15, 0.2) is 24.3 Å². The van der Waals surface area contributed by atoms with Gasteiger partial charge in [-0.25, -0.2) is 4.39 Å². The Kier molecular flexibility index (Phi) is 7.83. The summed E-state index contributed by atoms with van der Waals surface area (Å²) < 4.78 is 18.1. The molecule has 0 bridgehead atoms. The van der Waals surface area contributed by atoms with Gasteiger partial charge in [-0.3, -0.25) is 24.2 Å². The van der Waals surface area contributed by atoms with Gasteiger partial charge in [-0.05, 0) is 50.4 Å². The lowest BCUT2D eigenvalue weighted by atomic mass is 9.96. The van der Waals surface area contributed by atoms with Crippen LogP contribution in [0.2, 0.25) is 0 Å². The zero-order valence-corrected chi connectivity index (χ0v) is 20.0. The van der Waals surface area contributed by atoms with Gasteiger partial charge in [0.05, 0.1) is 13.0 Å². The Morgan fingerprint density at radius 2 is 1.82 bits per heavy atom. The number of likely N-dealkylation sites (N-methyl/N-ethyl adjacent to an activating group) is 1. The topological polar surface area (TPSA) is 82.2 Å². The van der Waals surface area contributed by atoms with Gasteiger partial charge in [-0.1, -0.05) is 12.1 Å². The van der Waals surface area contributed by atoms with Crippen molar-refractivity contribution >= 4 is 17.8 Å². The van der Waals surface area contributed by atoms with E-state index in [2.05, 4.69) is 22.2 Å². The Balaban J connectivity index is 1.31. The van der Waals surface area contributed by atoms with Crippen LogP contribution in [0.25, 0.3) is 0 Å². The number of hydrogen-bond donors (Lipinski definition) is 1. The lowest BCUT2D eigenvalue weighted by Gasteiger charge is -2.34. The summed E-state index contributed by atoms with van der Waals surface area (Å²) in [6.07, 6.45) is 3.26. The van der Waals surface area contributed by atoms with Crippen LogP contribution < -0.4 is 5.32 Å². The van der Waals surface area contributed by atoms with Crippen molar-refractivity contribution in [3.63, 3.8) is 0 Å². The van der Waals surface area contributed by atoms with Crippen LogP contribution >= 0.6 is 0 Å². The number of hydrogen-bond acceptors (Lipinski definition) is 6. The number of nitrogens with zero attached hydrogens (tertiary/aromatic N) is 3. The van der Waals surface area contributed by atoms with Crippen LogP contribution in [0.1, 0.15) is 37.7 Å². The molecule has 1 aromatic carbocycles. The molecule has 0 aromatic heterocycles. The van der Waals surface area contributed by atoms with Crippen molar-refractivity contribution in [3.05, 3.63) is 35.6 Å². The maximum atomic E-state index is 13.3. The highest BCUT2D eigenvalue weighted by Crippen LogP contribution is 2.29. The molecule has 0 saturated carbocycles. The van der Waals surface area contributed by atoms with Gasteiger partial charge in [0.1, 0.15) is 11.9 Å². The molecule has 1 aromatic rings. The largest absolute Gasteiger partial charge is 0.469 e. The first-order chi connectivity index (χ1) is 16.4. The third-order valence-electron chi connectivity index (χ3n) is 7.72. The van der Waals surface area contributed by atoms with Gasteiger partial charge in [0, 0.05) is 51.2 Å². The monoisotopic (exact) mass is 474 g/mol. The Labute approximate surface area is 200 Å². The molecule has 0 unspecified atom stereocenters. The van der Waals surface area contributed by atoms with E-state index in [1.165, 1.54) is 19.2 Å². The maximum absolute atomic E-state index is 13.3. The quantitative estimate of drug-likeness (QED) is 0.628. The number of esters is 1. The van der Waals surface area contributed by atoms with E-state index in [1.54, 1.807) is 12.1 Å². The van der Waals surface area contributed by atoms with Gasteiger partial charge in [0.25, 0.3) is 0 Å². The number of carbonyl (C=O) groups is 3. The molecule has 3 aliphatic rings. The standard InChI is InChI=1S/C25H35FN4O4/c1-28-20(7-8-22(31)29-12-9-18(10-13-29)25(33)34-2)15-27-24(32)23-21(28)11-14-30(23)16-17-3-5-19(26)6-4-17/h3-6,18,20-21,23H,7-16H2,1-2H3,(H,27,32)/t20-,21+,23-/m0/s1. The maximum Gasteiger partial charge on any atom is 0.308 e. The minimum Gasteiger partial charge on any atom is -0.469 e. The van der Waals surface area contributed by atoms with Crippen molar-refractivity contribution in [2.45, 2.75) is 56.8 Å². The van der Waals surface area contributed by atoms with Crippen molar-refractivity contribution < 1.29 is 23.5 Å². The van der Waals surface area contributed by atoms with E-state index in [4.69, 9.17) is 4.74 Å². The number of methoxy groups -OCH3 is 1. The minimum atomic E-state index is -0.264. The van der Waals surface area contributed by atoms with E-state index >= 15 is 0 Å². The van der Waals surface area contributed by atoms with Crippen LogP contribution in [-0.4, -0.2) is 90.9 Å². The Morgan fingerprint density at radius 3 is 2.50 bits per heavy atom. The van der Waals surface area contributed by atoms with Crippen molar-refractivity contribution in [2.24, 2.45) is 5.92 Å². The number of likely N-dealkylation sites (tertiary alicyclic amines) is 2. The highest BCUT2D eigenvalue weighted by atomic mass is 19.1. The lowest BCUT2D eigenvalue weighted by molar-refractivity contribution is -0.149. The molecule has 9 heteroatoms. The second-order valence-electron chi connectivity index (χ2n) is 9.68. The van der Waals surface area contributed by atoms with Crippen LogP contribution in [-0.2, 0) is 25.7 Å². The molecule has 3 fully saturated rings. The average Bonchev–Trinajstić information content (AvgIpc) is 3.23. The number of fused-ring (bicyclic) bond motifs is 1. The third-order valence-corrected chi connectivity index (χ3v) is 7.72. The molecular formula is C25H35FN4O4. The molecule has 3 saturated heterocycles.